The van der Waals surface area contributed by atoms with Crippen LogP contribution in [0.15, 0.2) is 53.4 Å². The zero-order chi connectivity index (χ0) is 15.9. The van der Waals surface area contributed by atoms with Gasteiger partial charge in [-0.3, -0.25) is 4.79 Å². The van der Waals surface area contributed by atoms with Crippen molar-refractivity contribution in [1.82, 2.24) is 5.32 Å². The van der Waals surface area contributed by atoms with Crippen LogP contribution in [0.5, 0.6) is 0 Å². The van der Waals surface area contributed by atoms with Crippen LogP contribution in [-0.2, 0) is 11.2 Å². The number of rotatable bonds is 6. The van der Waals surface area contributed by atoms with Gasteiger partial charge in [0.05, 0.1) is 12.5 Å². The largest absolute Gasteiger partial charge is 0.387 e. The maximum Gasteiger partial charge on any atom is 0.224 e. The van der Waals surface area contributed by atoms with Crippen LogP contribution >= 0.6 is 11.8 Å². The minimum absolute atomic E-state index is 0.0783. The van der Waals surface area contributed by atoms with Gasteiger partial charge in [-0.1, -0.05) is 42.0 Å². The first-order valence-corrected chi connectivity index (χ1v) is 8.45. The van der Waals surface area contributed by atoms with E-state index in [0.29, 0.717) is 6.42 Å². The van der Waals surface area contributed by atoms with Crippen LogP contribution < -0.4 is 5.32 Å². The summed E-state index contributed by atoms with van der Waals surface area (Å²) < 4.78 is 0. The average Bonchev–Trinajstić information content (AvgIpc) is 2.52. The second-order valence-electron chi connectivity index (χ2n) is 5.26. The standard InChI is InChI=1S/C18H21NO2S/c1-13-4-3-5-14(10-13)11-18(21)19-12-17(20)15-6-8-16(22-2)9-7-15/h3-10,17,20H,11-12H2,1-2H3,(H,19,21). The predicted molar refractivity (Wildman–Crippen MR) is 91.1 cm³/mol. The van der Waals surface area contributed by atoms with Crippen LogP contribution in [0.25, 0.3) is 0 Å². The average molecular weight is 315 g/mol. The van der Waals surface area contributed by atoms with E-state index >= 15 is 0 Å². The van der Waals surface area contributed by atoms with Gasteiger partial charge in [-0.15, -0.1) is 11.8 Å². The molecule has 1 unspecified atom stereocenters. The molecule has 0 aliphatic carbocycles. The fourth-order valence-electron chi connectivity index (χ4n) is 2.22. The minimum atomic E-state index is -0.683. The number of hydrogen-bond donors (Lipinski definition) is 2. The Morgan fingerprint density at radius 3 is 2.59 bits per heavy atom. The molecule has 1 amide bonds. The van der Waals surface area contributed by atoms with Crippen molar-refractivity contribution in [1.29, 1.82) is 0 Å². The number of aryl methyl sites for hydroxylation is 1. The molecule has 0 bridgehead atoms. The number of aliphatic hydroxyl groups is 1. The van der Waals surface area contributed by atoms with E-state index in [4.69, 9.17) is 0 Å². The van der Waals surface area contributed by atoms with Crippen molar-refractivity contribution in [2.45, 2.75) is 24.3 Å². The molecule has 0 radical (unpaired) electrons. The zero-order valence-corrected chi connectivity index (χ0v) is 13.7. The van der Waals surface area contributed by atoms with Gasteiger partial charge in [-0.2, -0.15) is 0 Å². The molecule has 22 heavy (non-hydrogen) atoms. The summed E-state index contributed by atoms with van der Waals surface area (Å²) in [6.07, 6.45) is 1.66. The fraction of sp³-hybridized carbons (Fsp3) is 0.278. The third kappa shape index (κ3) is 4.90. The second kappa shape index (κ2) is 8.01. The van der Waals surface area contributed by atoms with Crippen LogP contribution in [0, 0.1) is 6.92 Å². The van der Waals surface area contributed by atoms with Gasteiger partial charge in [0.25, 0.3) is 0 Å². The molecule has 0 heterocycles. The Morgan fingerprint density at radius 1 is 1.23 bits per heavy atom. The molecule has 0 aromatic heterocycles. The van der Waals surface area contributed by atoms with E-state index in [0.717, 1.165) is 21.6 Å². The fourth-order valence-corrected chi connectivity index (χ4v) is 2.63. The van der Waals surface area contributed by atoms with Gasteiger partial charge in [-0.25, -0.2) is 0 Å². The first-order valence-electron chi connectivity index (χ1n) is 7.23. The van der Waals surface area contributed by atoms with E-state index in [-0.39, 0.29) is 12.5 Å². The van der Waals surface area contributed by atoms with Crippen molar-refractivity contribution >= 4 is 17.7 Å². The SMILES string of the molecule is CSc1ccc(C(O)CNC(=O)Cc2cccc(C)c2)cc1. The Kier molecular flexibility index (Phi) is 6.04. The Bertz CT molecular complexity index is 625. The van der Waals surface area contributed by atoms with Gasteiger partial charge < -0.3 is 10.4 Å². The highest BCUT2D eigenvalue weighted by molar-refractivity contribution is 7.98. The molecule has 1 atom stereocenters. The summed E-state index contributed by atoms with van der Waals surface area (Å²) in [5.41, 5.74) is 2.93. The smallest absolute Gasteiger partial charge is 0.224 e. The first-order chi connectivity index (χ1) is 10.6. The van der Waals surface area contributed by atoms with Crippen LogP contribution in [0.4, 0.5) is 0 Å². The molecule has 2 rings (SSSR count). The Labute approximate surface area is 135 Å². The zero-order valence-electron chi connectivity index (χ0n) is 12.9. The van der Waals surface area contributed by atoms with E-state index in [2.05, 4.69) is 5.32 Å². The molecule has 2 aromatic rings. The van der Waals surface area contributed by atoms with E-state index in [1.807, 2.05) is 61.7 Å². The number of thioether (sulfide) groups is 1. The van der Waals surface area contributed by atoms with Crippen molar-refractivity contribution in [2.75, 3.05) is 12.8 Å². The molecule has 2 N–H and O–H groups in total. The molecule has 3 nitrogen and oxygen atoms in total. The van der Waals surface area contributed by atoms with Gasteiger partial charge in [-0.05, 0) is 36.4 Å². The lowest BCUT2D eigenvalue weighted by Gasteiger charge is -2.13. The van der Waals surface area contributed by atoms with Crippen molar-refractivity contribution in [2.24, 2.45) is 0 Å². The lowest BCUT2D eigenvalue weighted by molar-refractivity contribution is -0.120. The van der Waals surface area contributed by atoms with Gasteiger partial charge in [0.15, 0.2) is 0 Å². The predicted octanol–water partition coefficient (Wildman–Crippen LogP) is 3.11. The highest BCUT2D eigenvalue weighted by atomic mass is 32.2. The summed E-state index contributed by atoms with van der Waals surface area (Å²) >= 11 is 1.66. The summed E-state index contributed by atoms with van der Waals surface area (Å²) in [6.45, 7) is 2.23. The first kappa shape index (κ1) is 16.6. The molecule has 0 aliphatic rings. The van der Waals surface area contributed by atoms with Crippen LogP contribution in [0.1, 0.15) is 22.8 Å². The summed E-state index contributed by atoms with van der Waals surface area (Å²) in [5, 5.41) is 12.9. The number of hydrogen-bond acceptors (Lipinski definition) is 3. The summed E-state index contributed by atoms with van der Waals surface area (Å²) in [6, 6.07) is 15.6. The van der Waals surface area contributed by atoms with Crippen molar-refractivity contribution in [3.05, 3.63) is 65.2 Å². The summed E-state index contributed by atoms with van der Waals surface area (Å²) in [4.78, 5) is 13.1. The third-order valence-corrected chi connectivity index (χ3v) is 4.18. The van der Waals surface area contributed by atoms with Gasteiger partial charge in [0, 0.05) is 11.4 Å². The van der Waals surface area contributed by atoms with Crippen LogP contribution in [0.2, 0.25) is 0 Å². The molecule has 0 saturated carbocycles. The molecule has 0 saturated heterocycles. The Balaban J connectivity index is 1.84. The highest BCUT2D eigenvalue weighted by Crippen LogP contribution is 2.18. The maximum absolute atomic E-state index is 11.9. The second-order valence-corrected chi connectivity index (χ2v) is 6.14. The van der Waals surface area contributed by atoms with Gasteiger partial charge in [0.2, 0.25) is 5.91 Å². The van der Waals surface area contributed by atoms with E-state index < -0.39 is 6.10 Å². The molecular formula is C18H21NO2S. The molecule has 4 heteroatoms. The Morgan fingerprint density at radius 2 is 1.95 bits per heavy atom. The number of amides is 1. The van der Waals surface area contributed by atoms with Gasteiger partial charge in [0.1, 0.15) is 0 Å². The van der Waals surface area contributed by atoms with Gasteiger partial charge >= 0.3 is 0 Å². The van der Waals surface area contributed by atoms with E-state index in [9.17, 15) is 9.90 Å². The number of aliphatic hydroxyl groups excluding tert-OH is 1. The lowest BCUT2D eigenvalue weighted by atomic mass is 10.1. The monoisotopic (exact) mass is 315 g/mol. The van der Waals surface area contributed by atoms with Crippen molar-refractivity contribution in [3.63, 3.8) is 0 Å². The normalized spacial score (nSPS) is 12.0. The molecular weight excluding hydrogens is 294 g/mol. The molecule has 0 aliphatic heterocycles. The van der Waals surface area contributed by atoms with Crippen LogP contribution in [-0.4, -0.2) is 23.8 Å². The highest BCUT2D eigenvalue weighted by Gasteiger charge is 2.10. The molecule has 0 spiro atoms. The quantitative estimate of drug-likeness (QED) is 0.805. The number of carbonyl (C=O) groups is 1. The molecule has 0 fully saturated rings. The van der Waals surface area contributed by atoms with Crippen molar-refractivity contribution < 1.29 is 9.90 Å². The van der Waals surface area contributed by atoms with Crippen LogP contribution in [0.3, 0.4) is 0 Å². The summed E-state index contributed by atoms with van der Waals surface area (Å²) in [5.74, 6) is -0.0783. The lowest BCUT2D eigenvalue weighted by Crippen LogP contribution is -2.29. The van der Waals surface area contributed by atoms with E-state index in [1.54, 1.807) is 11.8 Å². The Hall–Kier alpha value is -1.78. The minimum Gasteiger partial charge on any atom is -0.387 e. The number of benzene rings is 2. The maximum atomic E-state index is 11.9. The number of nitrogens with one attached hydrogen (secondary N) is 1. The van der Waals surface area contributed by atoms with Crippen molar-refractivity contribution in [3.8, 4) is 0 Å². The molecule has 116 valence electrons. The summed E-state index contributed by atoms with van der Waals surface area (Å²) in [7, 11) is 0. The third-order valence-electron chi connectivity index (χ3n) is 3.44. The topological polar surface area (TPSA) is 49.3 Å². The van der Waals surface area contributed by atoms with E-state index in [1.165, 1.54) is 0 Å². The number of carbonyl (C=O) groups excluding carboxylic acids is 1. The molecule has 2 aromatic carbocycles.